The van der Waals surface area contributed by atoms with E-state index in [4.69, 9.17) is 0 Å². The molecule has 5 heteroatoms. The van der Waals surface area contributed by atoms with Crippen molar-refractivity contribution in [1.29, 1.82) is 0 Å². The zero-order valence-corrected chi connectivity index (χ0v) is 14.4. The van der Waals surface area contributed by atoms with Crippen molar-refractivity contribution in [3.63, 3.8) is 0 Å². The number of hydrogen-bond donors (Lipinski definition) is 1. The maximum atomic E-state index is 13.0. The Morgan fingerprint density at radius 1 is 1.29 bits per heavy atom. The minimum atomic E-state index is -0.0933. The van der Waals surface area contributed by atoms with Crippen molar-refractivity contribution in [3.05, 3.63) is 36.0 Å². The number of likely N-dealkylation sites (tertiary alicyclic amines) is 1. The Morgan fingerprint density at radius 2 is 2.08 bits per heavy atom. The number of piperidine rings is 1. The topological polar surface area (TPSA) is 54.3 Å². The second-order valence-electron chi connectivity index (χ2n) is 6.55. The van der Waals surface area contributed by atoms with Crippen molar-refractivity contribution >= 4 is 22.7 Å². The molecule has 2 heterocycles. The lowest BCUT2D eigenvalue weighted by atomic mass is 9.96. The molecule has 3 rings (SSSR count). The fraction of sp³-hybridized carbons (Fsp3) is 0.474. The minimum Gasteiger partial charge on any atom is -0.356 e. The molecule has 24 heavy (non-hydrogen) atoms. The van der Waals surface area contributed by atoms with Gasteiger partial charge in [-0.15, -0.1) is 0 Å². The van der Waals surface area contributed by atoms with Gasteiger partial charge < -0.3 is 14.8 Å². The van der Waals surface area contributed by atoms with Gasteiger partial charge in [0.15, 0.2) is 0 Å². The van der Waals surface area contributed by atoms with Gasteiger partial charge in [-0.25, -0.2) is 0 Å². The van der Waals surface area contributed by atoms with Gasteiger partial charge in [0.25, 0.3) is 5.91 Å². The smallest absolute Gasteiger partial charge is 0.256 e. The molecule has 1 aliphatic rings. The lowest BCUT2D eigenvalue weighted by Gasteiger charge is -2.32. The standard InChI is InChI=1S/C19H25N3O2/c1-3-10-20-18(23)14-7-6-11-22(12-14)19(24)16-13-21(2)17-9-5-4-8-15(16)17/h4-5,8-9,13-14H,3,6-7,10-12H2,1-2H3,(H,20,23)/t14-/m1/s1. The van der Waals surface area contributed by atoms with E-state index in [1.165, 1.54) is 0 Å². The highest BCUT2D eigenvalue weighted by atomic mass is 16.2. The summed E-state index contributed by atoms with van der Waals surface area (Å²) in [5.74, 6) is 0.0105. The molecule has 1 aromatic carbocycles. The predicted molar refractivity (Wildman–Crippen MR) is 94.8 cm³/mol. The molecule has 0 spiro atoms. The molecule has 0 radical (unpaired) electrons. The lowest BCUT2D eigenvalue weighted by Crippen LogP contribution is -2.45. The van der Waals surface area contributed by atoms with Crippen LogP contribution in [0.4, 0.5) is 0 Å². The number of hydrogen-bond acceptors (Lipinski definition) is 2. The molecular formula is C19H25N3O2. The van der Waals surface area contributed by atoms with Crippen molar-refractivity contribution in [3.8, 4) is 0 Å². The number of fused-ring (bicyclic) bond motifs is 1. The Labute approximate surface area is 142 Å². The Kier molecular flexibility index (Phi) is 4.88. The van der Waals surface area contributed by atoms with Crippen molar-refractivity contribution < 1.29 is 9.59 Å². The second kappa shape index (κ2) is 7.07. The van der Waals surface area contributed by atoms with E-state index in [-0.39, 0.29) is 17.7 Å². The van der Waals surface area contributed by atoms with Gasteiger partial charge in [0.05, 0.1) is 11.5 Å². The maximum absolute atomic E-state index is 13.0. The average Bonchev–Trinajstić information content (AvgIpc) is 2.96. The molecule has 1 N–H and O–H groups in total. The summed E-state index contributed by atoms with van der Waals surface area (Å²) in [6.45, 7) is 3.97. The van der Waals surface area contributed by atoms with Crippen molar-refractivity contribution in [2.75, 3.05) is 19.6 Å². The molecule has 0 saturated carbocycles. The summed E-state index contributed by atoms with van der Waals surface area (Å²) in [7, 11) is 1.95. The summed E-state index contributed by atoms with van der Waals surface area (Å²) in [6.07, 6.45) is 4.56. The highest BCUT2D eigenvalue weighted by Crippen LogP contribution is 2.24. The van der Waals surface area contributed by atoms with Gasteiger partial charge in [0.2, 0.25) is 5.91 Å². The molecule has 1 aromatic heterocycles. The Balaban J connectivity index is 1.78. The molecule has 1 saturated heterocycles. The summed E-state index contributed by atoms with van der Waals surface area (Å²) in [6, 6.07) is 7.93. The molecule has 1 atom stereocenters. The number of nitrogens with zero attached hydrogens (tertiary/aromatic N) is 2. The van der Waals surface area contributed by atoms with Crippen LogP contribution < -0.4 is 5.32 Å². The van der Waals surface area contributed by atoms with Crippen LogP contribution in [-0.4, -0.2) is 40.9 Å². The lowest BCUT2D eigenvalue weighted by molar-refractivity contribution is -0.126. The quantitative estimate of drug-likeness (QED) is 0.938. The van der Waals surface area contributed by atoms with Crippen LogP contribution in [0.15, 0.2) is 30.5 Å². The largest absolute Gasteiger partial charge is 0.356 e. The zero-order valence-electron chi connectivity index (χ0n) is 14.4. The van der Waals surface area contributed by atoms with E-state index in [9.17, 15) is 9.59 Å². The summed E-state index contributed by atoms with van der Waals surface area (Å²) in [5.41, 5.74) is 1.78. The van der Waals surface area contributed by atoms with Gasteiger partial charge in [-0.1, -0.05) is 25.1 Å². The third-order valence-corrected chi connectivity index (χ3v) is 4.76. The predicted octanol–water partition coefficient (Wildman–Crippen LogP) is 2.56. The molecule has 128 valence electrons. The number of aryl methyl sites for hydroxylation is 1. The minimum absolute atomic E-state index is 0.0276. The molecule has 2 amide bonds. The Hall–Kier alpha value is -2.30. The SMILES string of the molecule is CCCNC(=O)[C@@H]1CCCN(C(=O)c2cn(C)c3ccccc23)C1. The summed E-state index contributed by atoms with van der Waals surface area (Å²) >= 11 is 0. The number of rotatable bonds is 4. The van der Waals surface area contributed by atoms with E-state index in [2.05, 4.69) is 5.32 Å². The highest BCUT2D eigenvalue weighted by molar-refractivity contribution is 6.07. The summed E-state index contributed by atoms with van der Waals surface area (Å²) in [5, 5.41) is 3.93. The van der Waals surface area contributed by atoms with E-state index >= 15 is 0 Å². The fourth-order valence-corrected chi connectivity index (χ4v) is 3.45. The molecule has 1 aliphatic heterocycles. The molecule has 0 aliphatic carbocycles. The molecule has 1 fully saturated rings. The summed E-state index contributed by atoms with van der Waals surface area (Å²) < 4.78 is 1.98. The van der Waals surface area contributed by atoms with Crippen LogP contribution in [0.2, 0.25) is 0 Å². The number of para-hydroxylation sites is 1. The number of aromatic nitrogens is 1. The van der Waals surface area contributed by atoms with Crippen LogP contribution in [0.5, 0.6) is 0 Å². The van der Waals surface area contributed by atoms with E-state index in [1.54, 1.807) is 0 Å². The first-order valence-corrected chi connectivity index (χ1v) is 8.73. The summed E-state index contributed by atoms with van der Waals surface area (Å²) in [4.78, 5) is 27.0. The average molecular weight is 327 g/mol. The number of amides is 2. The van der Waals surface area contributed by atoms with E-state index < -0.39 is 0 Å². The second-order valence-corrected chi connectivity index (χ2v) is 6.55. The van der Waals surface area contributed by atoms with E-state index in [0.717, 1.165) is 42.3 Å². The number of benzene rings is 1. The monoisotopic (exact) mass is 327 g/mol. The van der Waals surface area contributed by atoms with Gasteiger partial charge in [-0.05, 0) is 25.3 Å². The first-order chi connectivity index (χ1) is 11.6. The van der Waals surface area contributed by atoms with Gasteiger partial charge in [0, 0.05) is 43.8 Å². The van der Waals surface area contributed by atoms with Crippen molar-refractivity contribution in [2.24, 2.45) is 13.0 Å². The van der Waals surface area contributed by atoms with Crippen LogP contribution in [0, 0.1) is 5.92 Å². The maximum Gasteiger partial charge on any atom is 0.256 e. The van der Waals surface area contributed by atoms with Crippen molar-refractivity contribution in [1.82, 2.24) is 14.8 Å². The molecular weight excluding hydrogens is 302 g/mol. The fourth-order valence-electron chi connectivity index (χ4n) is 3.45. The van der Waals surface area contributed by atoms with Crippen molar-refractivity contribution in [2.45, 2.75) is 26.2 Å². The van der Waals surface area contributed by atoms with Crippen LogP contribution in [-0.2, 0) is 11.8 Å². The normalized spacial score (nSPS) is 17.9. The van der Waals surface area contributed by atoms with Crippen LogP contribution in [0.1, 0.15) is 36.5 Å². The van der Waals surface area contributed by atoms with E-state index in [0.29, 0.717) is 13.1 Å². The third kappa shape index (κ3) is 3.16. The zero-order chi connectivity index (χ0) is 17.1. The number of nitrogens with one attached hydrogen (secondary N) is 1. The molecule has 2 aromatic rings. The number of carbonyl (C=O) groups excluding carboxylic acids is 2. The van der Waals surface area contributed by atoms with Gasteiger partial charge in [0.1, 0.15) is 0 Å². The highest BCUT2D eigenvalue weighted by Gasteiger charge is 2.29. The van der Waals surface area contributed by atoms with Gasteiger partial charge >= 0.3 is 0 Å². The van der Waals surface area contributed by atoms with Gasteiger partial charge in [-0.3, -0.25) is 9.59 Å². The van der Waals surface area contributed by atoms with E-state index in [1.807, 2.05) is 53.9 Å². The first-order valence-electron chi connectivity index (χ1n) is 8.73. The van der Waals surface area contributed by atoms with Crippen LogP contribution in [0.25, 0.3) is 10.9 Å². The molecule has 5 nitrogen and oxygen atoms in total. The first kappa shape index (κ1) is 16.6. The van der Waals surface area contributed by atoms with Crippen LogP contribution in [0.3, 0.4) is 0 Å². The Bertz CT molecular complexity index is 750. The Morgan fingerprint density at radius 3 is 2.88 bits per heavy atom. The van der Waals surface area contributed by atoms with Gasteiger partial charge in [-0.2, -0.15) is 0 Å². The third-order valence-electron chi connectivity index (χ3n) is 4.76. The molecule has 0 unspecified atom stereocenters. The van der Waals surface area contributed by atoms with Crippen LogP contribution >= 0.6 is 0 Å². The number of carbonyl (C=O) groups is 2. The molecule has 0 bridgehead atoms.